The maximum Gasteiger partial charge on any atom is 0.0995 e. The van der Waals surface area contributed by atoms with Crippen LogP contribution in [0.2, 0.25) is 0 Å². The summed E-state index contributed by atoms with van der Waals surface area (Å²) in [7, 11) is 0. The second-order valence-corrected chi connectivity index (χ2v) is 6.16. The normalized spacial score (nSPS) is 11.8. The van der Waals surface area contributed by atoms with Crippen molar-refractivity contribution in [2.24, 2.45) is 0 Å². The van der Waals surface area contributed by atoms with Crippen molar-refractivity contribution in [2.75, 3.05) is 0 Å². The minimum Gasteiger partial charge on any atom is -0.306 e. The first-order valence-corrected chi connectivity index (χ1v) is 6.78. The lowest BCUT2D eigenvalue weighted by molar-refractivity contribution is 0.419. The lowest BCUT2D eigenvalue weighted by atomic mass is 10.1. The van der Waals surface area contributed by atoms with Gasteiger partial charge in [0.25, 0.3) is 0 Å². The fourth-order valence-electron chi connectivity index (χ4n) is 1.67. The Hall–Kier alpha value is -1.13. The highest BCUT2D eigenvalue weighted by Gasteiger charge is 2.12. The Morgan fingerprint density at radius 2 is 2.00 bits per heavy atom. The van der Waals surface area contributed by atoms with Gasteiger partial charge in [-0.2, -0.15) is 0 Å². The molecule has 0 fully saturated rings. The van der Waals surface area contributed by atoms with Crippen LogP contribution in [0, 0.1) is 0 Å². The summed E-state index contributed by atoms with van der Waals surface area (Å²) in [6.45, 7) is 7.27. The van der Waals surface area contributed by atoms with Crippen molar-refractivity contribution in [3.63, 3.8) is 0 Å². The quantitative estimate of drug-likeness (QED) is 0.940. The van der Waals surface area contributed by atoms with Gasteiger partial charge in [0.05, 0.1) is 17.7 Å². The predicted octanol–water partition coefficient (Wildman–Crippen LogP) is 3.52. The zero-order valence-electron chi connectivity index (χ0n) is 10.9. The predicted molar refractivity (Wildman–Crippen MR) is 77.9 cm³/mol. The summed E-state index contributed by atoms with van der Waals surface area (Å²) in [6.07, 6.45) is 3.75. The Bertz CT molecular complexity index is 526. The number of benzene rings is 1. The van der Waals surface area contributed by atoms with E-state index >= 15 is 0 Å². The molecule has 1 N–H and O–H groups in total. The topological polar surface area (TPSA) is 29.9 Å². The lowest BCUT2D eigenvalue weighted by Gasteiger charge is -2.21. The fraction of sp³-hybridized carbons (Fsp3) is 0.357. The van der Waals surface area contributed by atoms with Gasteiger partial charge in [-0.05, 0) is 48.8 Å². The molecule has 0 radical (unpaired) electrons. The van der Waals surface area contributed by atoms with Crippen LogP contribution in [0.3, 0.4) is 0 Å². The van der Waals surface area contributed by atoms with E-state index in [4.69, 9.17) is 0 Å². The van der Waals surface area contributed by atoms with E-state index in [9.17, 15) is 0 Å². The van der Waals surface area contributed by atoms with E-state index in [1.54, 1.807) is 0 Å². The Morgan fingerprint density at radius 3 is 2.67 bits per heavy atom. The third kappa shape index (κ3) is 3.21. The Labute approximate surface area is 116 Å². The van der Waals surface area contributed by atoms with Crippen molar-refractivity contribution in [1.82, 2.24) is 14.9 Å². The maximum absolute atomic E-state index is 4.24. The molecule has 0 spiro atoms. The number of nitrogens with zero attached hydrogens (tertiary/aromatic N) is 2. The second kappa shape index (κ2) is 5.24. The average molecular weight is 308 g/mol. The van der Waals surface area contributed by atoms with Crippen LogP contribution in [0.5, 0.6) is 0 Å². The largest absolute Gasteiger partial charge is 0.306 e. The van der Waals surface area contributed by atoms with Gasteiger partial charge in [-0.1, -0.05) is 12.1 Å². The molecule has 1 aromatic heterocycles. The summed E-state index contributed by atoms with van der Waals surface area (Å²) in [5.41, 5.74) is 2.36. The number of nitrogens with one attached hydrogen (secondary N) is 1. The highest BCUT2D eigenvalue weighted by atomic mass is 79.9. The van der Waals surface area contributed by atoms with Gasteiger partial charge in [-0.15, -0.1) is 0 Å². The Kier molecular flexibility index (Phi) is 3.88. The summed E-state index contributed by atoms with van der Waals surface area (Å²) < 4.78 is 3.17. The molecule has 4 heteroatoms. The number of aromatic nitrogens is 2. The zero-order chi connectivity index (χ0) is 13.2. The Balaban J connectivity index is 2.26. The zero-order valence-corrected chi connectivity index (χ0v) is 12.5. The molecular weight excluding hydrogens is 290 g/mol. The van der Waals surface area contributed by atoms with Crippen LogP contribution in [0.15, 0.2) is 41.3 Å². The van der Waals surface area contributed by atoms with Gasteiger partial charge >= 0.3 is 0 Å². The van der Waals surface area contributed by atoms with E-state index in [0.29, 0.717) is 0 Å². The van der Waals surface area contributed by atoms with E-state index in [0.717, 1.165) is 22.4 Å². The van der Waals surface area contributed by atoms with E-state index in [2.05, 4.69) is 57.6 Å². The molecule has 0 saturated heterocycles. The number of rotatable bonds is 3. The average Bonchev–Trinajstić information content (AvgIpc) is 2.74. The lowest BCUT2D eigenvalue weighted by Crippen LogP contribution is -2.35. The monoisotopic (exact) mass is 307 g/mol. The highest BCUT2D eigenvalue weighted by Crippen LogP contribution is 2.21. The molecule has 0 bridgehead atoms. The number of hydrogen-bond donors (Lipinski definition) is 1. The first-order chi connectivity index (χ1) is 8.47. The van der Waals surface area contributed by atoms with Gasteiger partial charge in [0.15, 0.2) is 0 Å². The Morgan fingerprint density at radius 1 is 1.28 bits per heavy atom. The van der Waals surface area contributed by atoms with Crippen LogP contribution in [-0.4, -0.2) is 15.1 Å². The summed E-state index contributed by atoms with van der Waals surface area (Å²) in [5.74, 6) is 0. The van der Waals surface area contributed by atoms with Gasteiger partial charge in [-0.25, -0.2) is 4.98 Å². The standard InChI is InChI=1S/C14H18BrN3/c1-14(2,3)17-9-11-8-16-10-18(11)13-7-5-4-6-12(13)15/h4-8,10,17H,9H2,1-3H3. The molecule has 1 heterocycles. The number of halogens is 1. The SMILES string of the molecule is CC(C)(C)NCc1cncn1-c1ccccc1Br. The van der Waals surface area contributed by atoms with Crippen molar-refractivity contribution in [3.05, 3.63) is 47.0 Å². The molecule has 0 aliphatic heterocycles. The van der Waals surface area contributed by atoms with Crippen LogP contribution in [0.1, 0.15) is 26.5 Å². The fourth-order valence-corrected chi connectivity index (χ4v) is 2.15. The number of hydrogen-bond acceptors (Lipinski definition) is 2. The van der Waals surface area contributed by atoms with Gasteiger partial charge in [0, 0.05) is 22.8 Å². The molecule has 0 saturated carbocycles. The van der Waals surface area contributed by atoms with Gasteiger partial charge in [-0.3, -0.25) is 0 Å². The van der Waals surface area contributed by atoms with Crippen molar-refractivity contribution in [3.8, 4) is 5.69 Å². The van der Waals surface area contributed by atoms with Crippen molar-refractivity contribution in [2.45, 2.75) is 32.9 Å². The smallest absolute Gasteiger partial charge is 0.0995 e. The van der Waals surface area contributed by atoms with Crippen LogP contribution < -0.4 is 5.32 Å². The minimum absolute atomic E-state index is 0.100. The molecule has 0 amide bonds. The highest BCUT2D eigenvalue weighted by molar-refractivity contribution is 9.10. The molecule has 18 heavy (non-hydrogen) atoms. The third-order valence-corrected chi connectivity index (χ3v) is 3.30. The third-order valence-electron chi connectivity index (χ3n) is 2.63. The molecule has 0 unspecified atom stereocenters. The summed E-state index contributed by atoms with van der Waals surface area (Å²) in [6, 6.07) is 8.15. The molecule has 0 atom stereocenters. The van der Waals surface area contributed by atoms with Crippen molar-refractivity contribution < 1.29 is 0 Å². The molecular formula is C14H18BrN3. The first kappa shape index (κ1) is 13.3. The number of imidazole rings is 1. The second-order valence-electron chi connectivity index (χ2n) is 5.31. The maximum atomic E-state index is 4.24. The van der Waals surface area contributed by atoms with Crippen molar-refractivity contribution >= 4 is 15.9 Å². The minimum atomic E-state index is 0.100. The molecule has 2 rings (SSSR count). The van der Waals surface area contributed by atoms with Crippen LogP contribution in [0.25, 0.3) is 5.69 Å². The molecule has 1 aromatic carbocycles. The first-order valence-electron chi connectivity index (χ1n) is 5.98. The van der Waals surface area contributed by atoms with E-state index in [-0.39, 0.29) is 5.54 Å². The van der Waals surface area contributed by atoms with Crippen LogP contribution in [-0.2, 0) is 6.54 Å². The van der Waals surface area contributed by atoms with Crippen LogP contribution in [0.4, 0.5) is 0 Å². The molecule has 96 valence electrons. The molecule has 0 aliphatic rings. The molecule has 3 nitrogen and oxygen atoms in total. The van der Waals surface area contributed by atoms with Crippen molar-refractivity contribution in [1.29, 1.82) is 0 Å². The van der Waals surface area contributed by atoms with Gasteiger partial charge in [0.2, 0.25) is 0 Å². The van der Waals surface area contributed by atoms with Gasteiger partial charge in [0.1, 0.15) is 0 Å². The summed E-state index contributed by atoms with van der Waals surface area (Å²) >= 11 is 3.57. The molecule has 2 aromatic rings. The summed E-state index contributed by atoms with van der Waals surface area (Å²) in [5, 5.41) is 3.48. The molecule has 0 aliphatic carbocycles. The van der Waals surface area contributed by atoms with E-state index < -0.39 is 0 Å². The van der Waals surface area contributed by atoms with Crippen LogP contribution >= 0.6 is 15.9 Å². The van der Waals surface area contributed by atoms with E-state index in [1.165, 1.54) is 0 Å². The van der Waals surface area contributed by atoms with Gasteiger partial charge < -0.3 is 9.88 Å². The van der Waals surface area contributed by atoms with E-state index in [1.807, 2.05) is 30.7 Å². The number of para-hydroxylation sites is 1. The summed E-state index contributed by atoms with van der Waals surface area (Å²) in [4.78, 5) is 4.24.